The number of amides is 1. The number of hydrogen-bond donors (Lipinski definition) is 1. The summed E-state index contributed by atoms with van der Waals surface area (Å²) in [4.78, 5) is 13.8. The van der Waals surface area contributed by atoms with E-state index in [9.17, 15) is 13.2 Å². The molecular weight excluding hydrogens is 420 g/mol. The van der Waals surface area contributed by atoms with Crippen molar-refractivity contribution in [1.29, 1.82) is 0 Å². The number of thioether (sulfide) groups is 1. The maximum atomic E-state index is 12.9. The Hall–Kier alpha value is -2.03. The van der Waals surface area contributed by atoms with Gasteiger partial charge in [-0.25, -0.2) is 8.42 Å². The van der Waals surface area contributed by atoms with E-state index >= 15 is 0 Å². The lowest BCUT2D eigenvalue weighted by atomic mass is 10.2. The van der Waals surface area contributed by atoms with E-state index in [1.807, 2.05) is 30.3 Å². The normalized spacial score (nSPS) is 15.0. The highest BCUT2D eigenvalue weighted by atomic mass is 32.2. The van der Waals surface area contributed by atoms with Gasteiger partial charge in [0.15, 0.2) is 0 Å². The Balaban J connectivity index is 1.61. The third-order valence-electron chi connectivity index (χ3n) is 4.96. The van der Waals surface area contributed by atoms with Crippen LogP contribution in [0.2, 0.25) is 0 Å². The molecule has 1 heterocycles. The molecule has 6 nitrogen and oxygen atoms in total. The van der Waals surface area contributed by atoms with Gasteiger partial charge in [-0.05, 0) is 55.3 Å². The molecule has 162 valence electrons. The summed E-state index contributed by atoms with van der Waals surface area (Å²) in [6, 6.07) is 14.7. The largest absolute Gasteiger partial charge is 0.495 e. The van der Waals surface area contributed by atoms with E-state index in [0.29, 0.717) is 30.9 Å². The van der Waals surface area contributed by atoms with Gasteiger partial charge in [0.25, 0.3) is 0 Å². The van der Waals surface area contributed by atoms with E-state index in [-0.39, 0.29) is 10.8 Å². The Labute approximate surface area is 183 Å². The van der Waals surface area contributed by atoms with Gasteiger partial charge < -0.3 is 10.1 Å². The first-order chi connectivity index (χ1) is 14.5. The van der Waals surface area contributed by atoms with E-state index in [2.05, 4.69) is 5.32 Å². The zero-order chi connectivity index (χ0) is 21.4. The number of sulfonamides is 1. The van der Waals surface area contributed by atoms with Crippen molar-refractivity contribution >= 4 is 33.4 Å². The summed E-state index contributed by atoms with van der Waals surface area (Å²) < 4.78 is 32.7. The molecule has 8 heteroatoms. The number of rotatable bonds is 9. The van der Waals surface area contributed by atoms with Gasteiger partial charge in [0, 0.05) is 24.4 Å². The summed E-state index contributed by atoms with van der Waals surface area (Å²) in [7, 11) is -2.07. The lowest BCUT2D eigenvalue weighted by Gasteiger charge is -2.26. The molecule has 0 saturated carbocycles. The fourth-order valence-corrected chi connectivity index (χ4v) is 5.77. The molecule has 1 saturated heterocycles. The predicted octanol–water partition coefficient (Wildman–Crippen LogP) is 4.38. The third-order valence-corrected chi connectivity index (χ3v) is 7.95. The van der Waals surface area contributed by atoms with Crippen molar-refractivity contribution in [2.45, 2.75) is 41.9 Å². The minimum atomic E-state index is -3.57. The highest BCUT2D eigenvalue weighted by Crippen LogP contribution is 2.30. The number of nitrogens with zero attached hydrogens (tertiary/aromatic N) is 1. The molecular formula is C22H28N2O4S2. The zero-order valence-corrected chi connectivity index (χ0v) is 18.8. The molecule has 0 unspecified atom stereocenters. The fraction of sp³-hybridized carbons (Fsp3) is 0.409. The molecule has 0 aromatic heterocycles. The first kappa shape index (κ1) is 22.7. The quantitative estimate of drug-likeness (QED) is 0.455. The van der Waals surface area contributed by atoms with Gasteiger partial charge in [0.2, 0.25) is 15.9 Å². The van der Waals surface area contributed by atoms with Crippen molar-refractivity contribution in [2.24, 2.45) is 0 Å². The van der Waals surface area contributed by atoms with Crippen molar-refractivity contribution < 1.29 is 17.9 Å². The minimum absolute atomic E-state index is 0.158. The molecule has 0 aliphatic carbocycles. The Kier molecular flexibility index (Phi) is 8.18. The molecule has 0 radical (unpaired) electrons. The van der Waals surface area contributed by atoms with E-state index in [0.717, 1.165) is 31.4 Å². The topological polar surface area (TPSA) is 75.7 Å². The molecule has 1 aliphatic heterocycles. The molecule has 1 amide bonds. The van der Waals surface area contributed by atoms with E-state index in [4.69, 9.17) is 4.74 Å². The van der Waals surface area contributed by atoms with Crippen molar-refractivity contribution in [2.75, 3.05) is 31.3 Å². The van der Waals surface area contributed by atoms with Gasteiger partial charge in [-0.2, -0.15) is 4.31 Å². The molecule has 1 N–H and O–H groups in total. The number of nitrogens with one attached hydrogen (secondary N) is 1. The van der Waals surface area contributed by atoms with Gasteiger partial charge in [-0.15, -0.1) is 11.8 Å². The molecule has 2 aromatic rings. The van der Waals surface area contributed by atoms with Gasteiger partial charge >= 0.3 is 0 Å². The van der Waals surface area contributed by atoms with Crippen LogP contribution in [0.1, 0.15) is 32.1 Å². The molecule has 0 atom stereocenters. The summed E-state index contributed by atoms with van der Waals surface area (Å²) in [5.74, 6) is 1.12. The molecule has 1 fully saturated rings. The van der Waals surface area contributed by atoms with Gasteiger partial charge in [0.05, 0.1) is 17.7 Å². The lowest BCUT2D eigenvalue weighted by molar-refractivity contribution is -0.116. The standard InChI is InChI=1S/C22H28N2O4S2/c1-28-21-13-12-19(30(26,27)24-14-6-3-7-15-24)17-20(21)23-22(25)11-8-16-29-18-9-4-2-5-10-18/h2,4-5,9-10,12-13,17H,3,6-8,11,14-16H2,1H3,(H,23,25). The Morgan fingerprint density at radius 2 is 1.83 bits per heavy atom. The third kappa shape index (κ3) is 6.00. The number of ether oxygens (including phenoxy) is 1. The number of piperidine rings is 1. The van der Waals surface area contributed by atoms with Crippen molar-refractivity contribution in [3.8, 4) is 5.75 Å². The van der Waals surface area contributed by atoms with Crippen LogP contribution in [0, 0.1) is 0 Å². The summed E-state index contributed by atoms with van der Waals surface area (Å²) in [6.45, 7) is 1.07. The minimum Gasteiger partial charge on any atom is -0.495 e. The van der Waals surface area contributed by atoms with Crippen molar-refractivity contribution in [3.05, 3.63) is 48.5 Å². The molecule has 0 bridgehead atoms. The predicted molar refractivity (Wildman–Crippen MR) is 121 cm³/mol. The number of methoxy groups -OCH3 is 1. The molecule has 1 aliphatic rings. The summed E-state index contributed by atoms with van der Waals surface area (Å²) in [5.41, 5.74) is 0.385. The molecule has 2 aromatic carbocycles. The van der Waals surface area contributed by atoms with E-state index in [1.54, 1.807) is 17.8 Å². The molecule has 30 heavy (non-hydrogen) atoms. The first-order valence-electron chi connectivity index (χ1n) is 10.2. The SMILES string of the molecule is COc1ccc(S(=O)(=O)N2CCCCC2)cc1NC(=O)CCCSc1ccccc1. The van der Waals surface area contributed by atoms with Crippen LogP contribution >= 0.6 is 11.8 Å². The highest BCUT2D eigenvalue weighted by Gasteiger charge is 2.26. The Bertz CT molecular complexity index is 943. The highest BCUT2D eigenvalue weighted by molar-refractivity contribution is 7.99. The van der Waals surface area contributed by atoms with Crippen molar-refractivity contribution in [3.63, 3.8) is 0 Å². The molecule has 0 spiro atoms. The van der Waals surface area contributed by atoms with Crippen LogP contribution in [-0.2, 0) is 14.8 Å². The van der Waals surface area contributed by atoms with Gasteiger partial charge in [-0.3, -0.25) is 4.79 Å². The van der Waals surface area contributed by atoms with Crippen LogP contribution in [0.5, 0.6) is 5.75 Å². The average Bonchev–Trinajstić information content (AvgIpc) is 2.78. The van der Waals surface area contributed by atoms with Gasteiger partial charge in [0.1, 0.15) is 5.75 Å². The summed E-state index contributed by atoms with van der Waals surface area (Å²) in [5, 5.41) is 2.82. The van der Waals surface area contributed by atoms with Crippen LogP contribution in [-0.4, -0.2) is 44.6 Å². The second-order valence-electron chi connectivity index (χ2n) is 7.14. The summed E-state index contributed by atoms with van der Waals surface area (Å²) in [6.07, 6.45) is 3.88. The Morgan fingerprint density at radius 3 is 2.53 bits per heavy atom. The number of carbonyl (C=O) groups is 1. The number of hydrogen-bond acceptors (Lipinski definition) is 5. The second-order valence-corrected chi connectivity index (χ2v) is 10.2. The maximum Gasteiger partial charge on any atom is 0.243 e. The van der Waals surface area contributed by atoms with Crippen LogP contribution in [0.4, 0.5) is 5.69 Å². The monoisotopic (exact) mass is 448 g/mol. The average molecular weight is 449 g/mol. The van der Waals surface area contributed by atoms with E-state index < -0.39 is 10.0 Å². The lowest BCUT2D eigenvalue weighted by Crippen LogP contribution is -2.35. The maximum absolute atomic E-state index is 12.9. The number of carbonyl (C=O) groups excluding carboxylic acids is 1. The van der Waals surface area contributed by atoms with Crippen molar-refractivity contribution in [1.82, 2.24) is 4.31 Å². The number of benzene rings is 2. The fourth-order valence-electron chi connectivity index (χ4n) is 3.35. The zero-order valence-electron chi connectivity index (χ0n) is 17.2. The van der Waals surface area contributed by atoms with Gasteiger partial charge in [-0.1, -0.05) is 24.6 Å². The van der Waals surface area contributed by atoms with Crippen LogP contribution in [0.3, 0.4) is 0 Å². The van der Waals surface area contributed by atoms with Crippen LogP contribution in [0.15, 0.2) is 58.3 Å². The van der Waals surface area contributed by atoms with Crippen LogP contribution < -0.4 is 10.1 Å². The first-order valence-corrected chi connectivity index (χ1v) is 12.6. The van der Waals surface area contributed by atoms with Crippen LogP contribution in [0.25, 0.3) is 0 Å². The van der Waals surface area contributed by atoms with E-state index in [1.165, 1.54) is 28.4 Å². The smallest absolute Gasteiger partial charge is 0.243 e. The number of anilines is 1. The summed E-state index contributed by atoms with van der Waals surface area (Å²) >= 11 is 1.71. The Morgan fingerprint density at radius 1 is 1.10 bits per heavy atom. The molecule has 3 rings (SSSR count). The second kappa shape index (κ2) is 10.8.